The molecule has 0 spiro atoms. The number of hydrogen-bond donors (Lipinski definition) is 1. The third kappa shape index (κ3) is 3.68. The Morgan fingerprint density at radius 3 is 2.32 bits per heavy atom. The lowest BCUT2D eigenvalue weighted by atomic mass is 10.1. The van der Waals surface area contributed by atoms with E-state index in [0.29, 0.717) is 23.1 Å². The van der Waals surface area contributed by atoms with Gasteiger partial charge in [0.05, 0.1) is 16.2 Å². The van der Waals surface area contributed by atoms with E-state index in [0.717, 1.165) is 17.0 Å². The Balaban J connectivity index is 2.04. The van der Waals surface area contributed by atoms with Gasteiger partial charge in [-0.05, 0) is 35.6 Å². The van der Waals surface area contributed by atoms with Gasteiger partial charge in [0.15, 0.2) is 0 Å². The average molecular weight is 402 g/mol. The van der Waals surface area contributed by atoms with E-state index in [2.05, 4.69) is 5.32 Å². The Kier molecular flexibility index (Phi) is 5.60. The van der Waals surface area contributed by atoms with Crippen LogP contribution in [0.25, 0.3) is 5.57 Å². The van der Waals surface area contributed by atoms with E-state index in [1.165, 1.54) is 18.7 Å². The molecule has 0 unspecified atom stereocenters. The van der Waals surface area contributed by atoms with Crippen molar-refractivity contribution < 1.29 is 23.2 Å². The molecule has 0 atom stereocenters. The molecule has 28 heavy (non-hydrogen) atoms. The summed E-state index contributed by atoms with van der Waals surface area (Å²) in [5, 5.41) is 2.62. The van der Waals surface area contributed by atoms with Crippen molar-refractivity contribution in [3.05, 3.63) is 64.6 Å². The van der Waals surface area contributed by atoms with Gasteiger partial charge in [-0.25, -0.2) is 13.7 Å². The molecule has 8 heteroatoms. The minimum absolute atomic E-state index is 0.148. The molecule has 3 rings (SSSR count). The summed E-state index contributed by atoms with van der Waals surface area (Å²) in [7, 11) is 0. The second kappa shape index (κ2) is 7.93. The topological polar surface area (TPSA) is 66.5 Å². The van der Waals surface area contributed by atoms with Crippen LogP contribution in [-0.2, 0) is 14.4 Å². The monoisotopic (exact) mass is 402 g/mol. The molecule has 0 saturated heterocycles. The van der Waals surface area contributed by atoms with Crippen LogP contribution < -0.4 is 10.2 Å². The van der Waals surface area contributed by atoms with E-state index < -0.39 is 23.4 Å². The molecule has 1 heterocycles. The zero-order valence-electron chi connectivity index (χ0n) is 15.1. The summed E-state index contributed by atoms with van der Waals surface area (Å²) in [6.07, 6.45) is 0. The smallest absolute Gasteiger partial charge is 0.272 e. The predicted octanol–water partition coefficient (Wildman–Crippen LogP) is 3.96. The van der Waals surface area contributed by atoms with E-state index >= 15 is 0 Å². The summed E-state index contributed by atoms with van der Waals surface area (Å²) in [5.74, 6) is -2.84. The molecule has 0 fully saturated rings. The molecule has 0 radical (unpaired) electrons. The normalized spacial score (nSPS) is 14.1. The number of benzene rings is 2. The largest absolute Gasteiger partial charge is 0.326 e. The minimum Gasteiger partial charge on any atom is -0.326 e. The molecule has 0 aromatic heterocycles. The van der Waals surface area contributed by atoms with Crippen LogP contribution in [0.2, 0.25) is 0 Å². The first-order valence-corrected chi connectivity index (χ1v) is 9.41. The Morgan fingerprint density at radius 1 is 1.07 bits per heavy atom. The highest BCUT2D eigenvalue weighted by atomic mass is 32.2. The fourth-order valence-electron chi connectivity index (χ4n) is 2.85. The molecule has 0 saturated carbocycles. The molecule has 144 valence electrons. The van der Waals surface area contributed by atoms with Crippen molar-refractivity contribution in [1.29, 1.82) is 0 Å². The zero-order chi connectivity index (χ0) is 20.4. The molecule has 0 bridgehead atoms. The third-order valence-electron chi connectivity index (χ3n) is 3.97. The average Bonchev–Trinajstić information content (AvgIpc) is 2.87. The predicted molar refractivity (Wildman–Crippen MR) is 105 cm³/mol. The molecule has 1 N–H and O–H groups in total. The first-order chi connectivity index (χ1) is 13.3. The maximum atomic E-state index is 14.2. The summed E-state index contributed by atoms with van der Waals surface area (Å²) in [5.41, 5.74) is 0.860. The number of halogens is 2. The fourth-order valence-corrected chi connectivity index (χ4v) is 3.70. The van der Waals surface area contributed by atoms with Crippen molar-refractivity contribution in [1.82, 2.24) is 0 Å². The van der Waals surface area contributed by atoms with Crippen molar-refractivity contribution >= 4 is 46.4 Å². The quantitative estimate of drug-likeness (QED) is 0.769. The maximum absolute atomic E-state index is 14.2. The lowest BCUT2D eigenvalue weighted by Crippen LogP contribution is -2.32. The van der Waals surface area contributed by atoms with Crippen molar-refractivity contribution in [3.8, 4) is 0 Å². The number of nitrogens with zero attached hydrogens (tertiary/aromatic N) is 1. The van der Waals surface area contributed by atoms with Crippen LogP contribution >= 0.6 is 11.8 Å². The van der Waals surface area contributed by atoms with Gasteiger partial charge < -0.3 is 5.32 Å². The Bertz CT molecular complexity index is 1000. The molecular formula is C20H16F2N2O3S. The molecule has 2 aromatic carbocycles. The molecule has 3 amide bonds. The van der Waals surface area contributed by atoms with Crippen molar-refractivity contribution in [2.75, 3.05) is 16.0 Å². The van der Waals surface area contributed by atoms with E-state index in [4.69, 9.17) is 0 Å². The van der Waals surface area contributed by atoms with E-state index in [1.54, 1.807) is 24.3 Å². The van der Waals surface area contributed by atoms with Crippen LogP contribution in [0, 0.1) is 11.6 Å². The molecule has 0 aliphatic carbocycles. The summed E-state index contributed by atoms with van der Waals surface area (Å²) in [4.78, 5) is 37.9. The van der Waals surface area contributed by atoms with Crippen LogP contribution in [0.3, 0.4) is 0 Å². The summed E-state index contributed by atoms with van der Waals surface area (Å²) < 4.78 is 27.4. The lowest BCUT2D eigenvalue weighted by Gasteiger charge is -2.16. The highest BCUT2D eigenvalue weighted by Crippen LogP contribution is 2.39. The first kappa shape index (κ1) is 19.8. The van der Waals surface area contributed by atoms with Gasteiger partial charge in [-0.3, -0.25) is 14.4 Å². The van der Waals surface area contributed by atoms with Gasteiger partial charge in [0.25, 0.3) is 11.8 Å². The Hall–Kier alpha value is -3.00. The van der Waals surface area contributed by atoms with Crippen LogP contribution in [-0.4, -0.2) is 23.5 Å². The number of thioether (sulfide) groups is 1. The molecule has 1 aliphatic heterocycles. The Labute approximate surface area is 164 Å². The van der Waals surface area contributed by atoms with Crippen molar-refractivity contribution in [2.24, 2.45) is 0 Å². The van der Waals surface area contributed by atoms with Crippen molar-refractivity contribution in [3.63, 3.8) is 0 Å². The highest BCUT2D eigenvalue weighted by molar-refractivity contribution is 8.04. The van der Waals surface area contributed by atoms with E-state index in [-0.39, 0.29) is 22.1 Å². The zero-order valence-corrected chi connectivity index (χ0v) is 15.9. The number of imide groups is 1. The van der Waals surface area contributed by atoms with E-state index in [9.17, 15) is 23.2 Å². The number of rotatable bonds is 5. The van der Waals surface area contributed by atoms with Crippen LogP contribution in [0.5, 0.6) is 0 Å². The second-order valence-electron chi connectivity index (χ2n) is 5.94. The second-order valence-corrected chi connectivity index (χ2v) is 7.21. The lowest BCUT2D eigenvalue weighted by molar-refractivity contribution is -0.120. The fraction of sp³-hybridized carbons (Fsp3) is 0.150. The summed E-state index contributed by atoms with van der Waals surface area (Å²) in [6, 6.07) is 9.11. The molecule has 5 nitrogen and oxygen atoms in total. The van der Waals surface area contributed by atoms with Crippen molar-refractivity contribution in [2.45, 2.75) is 13.8 Å². The van der Waals surface area contributed by atoms with Gasteiger partial charge in [-0.1, -0.05) is 19.1 Å². The summed E-state index contributed by atoms with van der Waals surface area (Å²) in [6.45, 7) is 3.20. The summed E-state index contributed by atoms with van der Waals surface area (Å²) >= 11 is 1.18. The highest BCUT2D eigenvalue weighted by Gasteiger charge is 2.41. The molecule has 2 aromatic rings. The van der Waals surface area contributed by atoms with Gasteiger partial charge in [-0.15, -0.1) is 11.8 Å². The first-order valence-electron chi connectivity index (χ1n) is 8.42. The van der Waals surface area contributed by atoms with Gasteiger partial charge >= 0.3 is 0 Å². The minimum atomic E-state index is -0.996. The maximum Gasteiger partial charge on any atom is 0.272 e. The number of anilines is 2. The van der Waals surface area contributed by atoms with Gasteiger partial charge in [-0.2, -0.15) is 0 Å². The van der Waals surface area contributed by atoms with Gasteiger partial charge in [0, 0.05) is 18.7 Å². The third-order valence-corrected chi connectivity index (χ3v) is 4.93. The SMILES string of the molecule is CCSC1=C(c2ccc(NC(C)=O)cc2)C(=O)N(c2ccc(F)cc2F)C1=O. The van der Waals surface area contributed by atoms with Crippen LogP contribution in [0.1, 0.15) is 19.4 Å². The standard InChI is InChI=1S/C20H16F2N2O3S/c1-3-28-18-17(12-4-7-14(8-5-12)23-11(2)25)19(26)24(20(18)27)16-9-6-13(21)10-15(16)22/h4-10H,3H2,1-2H3,(H,23,25). The molecule has 1 aliphatic rings. The van der Waals surface area contributed by atoms with Crippen LogP contribution in [0.15, 0.2) is 47.4 Å². The number of carbonyl (C=O) groups excluding carboxylic acids is 3. The van der Waals surface area contributed by atoms with Gasteiger partial charge in [0.2, 0.25) is 5.91 Å². The van der Waals surface area contributed by atoms with Crippen LogP contribution in [0.4, 0.5) is 20.2 Å². The van der Waals surface area contributed by atoms with Gasteiger partial charge in [0.1, 0.15) is 11.6 Å². The number of carbonyl (C=O) groups is 3. The number of hydrogen-bond acceptors (Lipinski definition) is 4. The Morgan fingerprint density at radius 2 is 1.75 bits per heavy atom. The molecular weight excluding hydrogens is 386 g/mol. The number of nitrogens with one attached hydrogen (secondary N) is 1. The van der Waals surface area contributed by atoms with E-state index in [1.807, 2.05) is 6.92 Å². The number of amides is 3.